The van der Waals surface area contributed by atoms with E-state index in [0.29, 0.717) is 18.7 Å². The second kappa shape index (κ2) is 11.8. The van der Waals surface area contributed by atoms with E-state index in [9.17, 15) is 14.4 Å². The van der Waals surface area contributed by atoms with Crippen LogP contribution in [-0.4, -0.2) is 49.5 Å². The number of hydrogen-bond acceptors (Lipinski definition) is 6. The molecule has 1 aliphatic heterocycles. The number of benzene rings is 1. The number of ether oxygens (including phenoxy) is 2. The number of piperidine rings is 1. The van der Waals surface area contributed by atoms with Crippen molar-refractivity contribution < 1.29 is 23.9 Å². The van der Waals surface area contributed by atoms with Crippen molar-refractivity contribution in [2.45, 2.75) is 45.1 Å². The second-order valence-corrected chi connectivity index (χ2v) is 7.14. The molecule has 1 N–H and O–H groups in total. The molecule has 2 amide bonds. The first-order chi connectivity index (χ1) is 14.5. The number of carbonyl (C=O) groups is 3. The average Bonchev–Trinajstić information content (AvgIpc) is 2.76. The molecule has 2 atom stereocenters. The first kappa shape index (κ1) is 23.2. The predicted octanol–water partition coefficient (Wildman–Crippen LogP) is 2.35. The van der Waals surface area contributed by atoms with Gasteiger partial charge >= 0.3 is 5.97 Å². The summed E-state index contributed by atoms with van der Waals surface area (Å²) >= 11 is 0. The molecule has 0 unspecified atom stereocenters. The van der Waals surface area contributed by atoms with Crippen LogP contribution in [0.1, 0.15) is 50.6 Å². The number of rotatable bonds is 10. The zero-order valence-corrected chi connectivity index (χ0v) is 17.6. The molecule has 0 aliphatic carbocycles. The molecule has 1 aliphatic rings. The topological polar surface area (TPSA) is 109 Å². The lowest BCUT2D eigenvalue weighted by atomic mass is 9.83. The van der Waals surface area contributed by atoms with Crippen molar-refractivity contribution >= 4 is 17.8 Å². The normalized spacial score (nSPS) is 18.4. The van der Waals surface area contributed by atoms with Gasteiger partial charge < -0.3 is 19.7 Å². The van der Waals surface area contributed by atoms with Crippen molar-refractivity contribution in [2.75, 3.05) is 26.8 Å². The predicted molar refractivity (Wildman–Crippen MR) is 109 cm³/mol. The molecule has 1 aromatic carbocycles. The molecule has 1 aromatic rings. The minimum Gasteiger partial charge on any atom is -0.496 e. The maximum absolute atomic E-state index is 12.9. The lowest BCUT2D eigenvalue weighted by molar-refractivity contribution is -0.160. The molecule has 1 saturated heterocycles. The van der Waals surface area contributed by atoms with Crippen LogP contribution in [0.4, 0.5) is 0 Å². The Kier molecular flexibility index (Phi) is 9.13. The number of unbranched alkanes of at least 4 members (excludes halogenated alkanes) is 1. The molecule has 30 heavy (non-hydrogen) atoms. The summed E-state index contributed by atoms with van der Waals surface area (Å²) < 4.78 is 10.8. The van der Waals surface area contributed by atoms with Crippen LogP contribution >= 0.6 is 0 Å². The quantitative estimate of drug-likeness (QED) is 0.464. The number of carbonyl (C=O) groups excluding carboxylic acids is 3. The Morgan fingerprint density at radius 3 is 2.80 bits per heavy atom. The number of para-hydroxylation sites is 1. The van der Waals surface area contributed by atoms with Gasteiger partial charge in [0.15, 0.2) is 6.61 Å². The third-order valence-electron chi connectivity index (χ3n) is 5.12. The summed E-state index contributed by atoms with van der Waals surface area (Å²) in [5.41, 5.74) is 0.754. The van der Waals surface area contributed by atoms with Gasteiger partial charge in [0, 0.05) is 25.1 Å². The van der Waals surface area contributed by atoms with Gasteiger partial charge in [0.05, 0.1) is 31.6 Å². The lowest BCUT2D eigenvalue weighted by Gasteiger charge is -2.40. The number of methoxy groups -OCH3 is 1. The monoisotopic (exact) mass is 415 g/mol. The Balaban J connectivity index is 2.22. The van der Waals surface area contributed by atoms with E-state index in [2.05, 4.69) is 5.32 Å². The van der Waals surface area contributed by atoms with E-state index in [1.807, 2.05) is 31.2 Å². The Labute approximate surface area is 177 Å². The number of esters is 1. The van der Waals surface area contributed by atoms with Crippen LogP contribution in [-0.2, 0) is 19.1 Å². The van der Waals surface area contributed by atoms with Crippen LogP contribution < -0.4 is 10.1 Å². The van der Waals surface area contributed by atoms with Gasteiger partial charge in [-0.15, -0.1) is 0 Å². The Bertz CT molecular complexity index is 789. The van der Waals surface area contributed by atoms with Crippen molar-refractivity contribution in [1.29, 1.82) is 5.26 Å². The van der Waals surface area contributed by atoms with Crippen LogP contribution in [0.2, 0.25) is 0 Å². The summed E-state index contributed by atoms with van der Waals surface area (Å²) in [6.45, 7) is 2.38. The zero-order chi connectivity index (χ0) is 21.9. The standard InChI is InChI=1S/C22H29N3O5/c1-3-4-14-25-20(27)11-10-17(21(25)16-8-5-6-9-18(16)29-2)22(28)30-15-19(26)24-13-7-12-23/h5-6,8-9,17,21H,3-4,7,10-11,13-15H2,1-2H3,(H,24,26)/t17-,21+/m1/s1. The Morgan fingerprint density at radius 1 is 1.33 bits per heavy atom. The Morgan fingerprint density at radius 2 is 2.10 bits per heavy atom. The number of likely N-dealkylation sites (tertiary alicyclic amines) is 1. The molecule has 0 spiro atoms. The van der Waals surface area contributed by atoms with E-state index >= 15 is 0 Å². The molecule has 0 aromatic heterocycles. The minimum absolute atomic E-state index is 0.00217. The smallest absolute Gasteiger partial charge is 0.311 e. The van der Waals surface area contributed by atoms with E-state index in [-0.39, 0.29) is 25.3 Å². The highest BCUT2D eigenvalue weighted by Gasteiger charge is 2.42. The highest BCUT2D eigenvalue weighted by molar-refractivity contribution is 5.84. The number of nitrogens with one attached hydrogen (secondary N) is 1. The summed E-state index contributed by atoms with van der Waals surface area (Å²) in [4.78, 5) is 39.2. The van der Waals surface area contributed by atoms with Gasteiger partial charge in [-0.1, -0.05) is 31.5 Å². The lowest BCUT2D eigenvalue weighted by Crippen LogP contribution is -2.46. The molecule has 1 heterocycles. The molecule has 162 valence electrons. The van der Waals surface area contributed by atoms with E-state index in [0.717, 1.165) is 18.4 Å². The van der Waals surface area contributed by atoms with Gasteiger partial charge in [-0.2, -0.15) is 5.26 Å². The van der Waals surface area contributed by atoms with Gasteiger partial charge in [0.25, 0.3) is 5.91 Å². The Hall–Kier alpha value is -3.08. The third-order valence-corrected chi connectivity index (χ3v) is 5.12. The zero-order valence-electron chi connectivity index (χ0n) is 17.6. The fourth-order valence-corrected chi connectivity index (χ4v) is 3.64. The van der Waals surface area contributed by atoms with Crippen molar-refractivity contribution in [3.8, 4) is 11.8 Å². The molecule has 0 saturated carbocycles. The minimum atomic E-state index is -0.595. The summed E-state index contributed by atoms with van der Waals surface area (Å²) in [6, 6.07) is 8.76. The van der Waals surface area contributed by atoms with Crippen molar-refractivity contribution in [3.63, 3.8) is 0 Å². The highest BCUT2D eigenvalue weighted by atomic mass is 16.5. The number of nitriles is 1. The summed E-state index contributed by atoms with van der Waals surface area (Å²) in [7, 11) is 1.55. The van der Waals surface area contributed by atoms with Crippen LogP contribution in [0.25, 0.3) is 0 Å². The van der Waals surface area contributed by atoms with Gasteiger partial charge in [0.2, 0.25) is 5.91 Å². The first-order valence-corrected chi connectivity index (χ1v) is 10.3. The van der Waals surface area contributed by atoms with Gasteiger partial charge in [-0.25, -0.2) is 0 Å². The first-order valence-electron chi connectivity index (χ1n) is 10.3. The maximum atomic E-state index is 12.9. The average molecular weight is 415 g/mol. The summed E-state index contributed by atoms with van der Waals surface area (Å²) in [5.74, 6) is -0.969. The largest absolute Gasteiger partial charge is 0.496 e. The summed E-state index contributed by atoms with van der Waals surface area (Å²) in [6.07, 6.45) is 2.52. The van der Waals surface area contributed by atoms with Gasteiger partial charge in [-0.3, -0.25) is 14.4 Å². The van der Waals surface area contributed by atoms with E-state index in [1.54, 1.807) is 18.1 Å². The SMILES string of the molecule is CCCCN1C(=O)CC[C@@H](C(=O)OCC(=O)NCCC#N)[C@@H]1c1ccccc1OC. The van der Waals surface area contributed by atoms with Crippen LogP contribution in [0.3, 0.4) is 0 Å². The fraction of sp³-hybridized carbons (Fsp3) is 0.545. The second-order valence-electron chi connectivity index (χ2n) is 7.14. The molecular weight excluding hydrogens is 386 g/mol. The molecular formula is C22H29N3O5. The van der Waals surface area contributed by atoms with Gasteiger partial charge in [-0.05, 0) is 18.9 Å². The van der Waals surface area contributed by atoms with Crippen molar-refractivity contribution in [3.05, 3.63) is 29.8 Å². The summed E-state index contributed by atoms with van der Waals surface area (Å²) in [5, 5.41) is 11.0. The van der Waals surface area contributed by atoms with Crippen LogP contribution in [0.15, 0.2) is 24.3 Å². The van der Waals surface area contributed by atoms with Crippen molar-refractivity contribution in [1.82, 2.24) is 10.2 Å². The third kappa shape index (κ3) is 5.96. The molecule has 1 fully saturated rings. The number of nitrogens with zero attached hydrogens (tertiary/aromatic N) is 2. The molecule has 8 heteroatoms. The van der Waals surface area contributed by atoms with Crippen LogP contribution in [0.5, 0.6) is 5.75 Å². The van der Waals surface area contributed by atoms with E-state index < -0.39 is 30.4 Å². The fourth-order valence-electron chi connectivity index (χ4n) is 3.64. The molecule has 0 bridgehead atoms. The molecule has 0 radical (unpaired) electrons. The van der Waals surface area contributed by atoms with Crippen LogP contribution in [0, 0.1) is 17.2 Å². The maximum Gasteiger partial charge on any atom is 0.311 e. The molecule has 2 rings (SSSR count). The number of amides is 2. The van der Waals surface area contributed by atoms with Gasteiger partial charge in [0.1, 0.15) is 5.75 Å². The highest BCUT2D eigenvalue weighted by Crippen LogP contribution is 2.41. The van der Waals surface area contributed by atoms with E-state index in [1.165, 1.54) is 0 Å². The van der Waals surface area contributed by atoms with Crippen molar-refractivity contribution in [2.24, 2.45) is 5.92 Å². The molecule has 8 nitrogen and oxygen atoms in total. The van der Waals surface area contributed by atoms with E-state index in [4.69, 9.17) is 14.7 Å². The number of hydrogen-bond donors (Lipinski definition) is 1.